The van der Waals surface area contributed by atoms with E-state index < -0.39 is 13.0 Å². The van der Waals surface area contributed by atoms with Crippen molar-refractivity contribution in [3.05, 3.63) is 35.4 Å². The van der Waals surface area contributed by atoms with Crippen LogP contribution in [0.2, 0.25) is 0 Å². The predicted octanol–water partition coefficient (Wildman–Crippen LogP) is 3.92. The van der Waals surface area contributed by atoms with Crippen LogP contribution in [0.15, 0.2) is 29.3 Å². The standard InChI is InChI=1S/C20H18F2N4O2S/c1-25-19-15(6-23)18(13-2-4-14(5-3-13)28-10-17(21)22)16(7-24)20(26-19)29-11-12-8-27-9-12/h2-5,12,17H,8-11H2,1H3,(H,25,26). The lowest BCUT2D eigenvalue weighted by atomic mass is 9.96. The van der Waals surface area contributed by atoms with Crippen molar-refractivity contribution >= 4 is 17.6 Å². The zero-order valence-corrected chi connectivity index (χ0v) is 16.4. The molecule has 1 aromatic heterocycles. The summed E-state index contributed by atoms with van der Waals surface area (Å²) in [7, 11) is 1.66. The molecule has 0 radical (unpaired) electrons. The molecule has 1 aromatic carbocycles. The summed E-state index contributed by atoms with van der Waals surface area (Å²) in [6.45, 7) is 0.686. The maximum Gasteiger partial charge on any atom is 0.272 e. The van der Waals surface area contributed by atoms with Gasteiger partial charge in [0.1, 0.15) is 40.9 Å². The van der Waals surface area contributed by atoms with Crippen LogP contribution >= 0.6 is 11.8 Å². The summed E-state index contributed by atoms with van der Waals surface area (Å²) in [5, 5.41) is 23.0. The highest BCUT2D eigenvalue weighted by atomic mass is 32.2. The average molecular weight is 416 g/mol. The van der Waals surface area contributed by atoms with Gasteiger partial charge in [-0.1, -0.05) is 12.1 Å². The summed E-state index contributed by atoms with van der Waals surface area (Å²) in [4.78, 5) is 4.47. The SMILES string of the molecule is CNc1nc(SCC2COC2)c(C#N)c(-c2ccc(OCC(F)F)cc2)c1C#N. The Morgan fingerprint density at radius 2 is 1.93 bits per heavy atom. The van der Waals surface area contributed by atoms with E-state index in [1.165, 1.54) is 23.9 Å². The molecule has 1 aliphatic heterocycles. The van der Waals surface area contributed by atoms with Crippen LogP contribution in [-0.4, -0.2) is 44.0 Å². The van der Waals surface area contributed by atoms with Gasteiger partial charge in [0.05, 0.1) is 18.8 Å². The van der Waals surface area contributed by atoms with Crippen LogP contribution in [0.25, 0.3) is 11.1 Å². The lowest BCUT2D eigenvalue weighted by molar-refractivity contribution is -0.0196. The van der Waals surface area contributed by atoms with E-state index in [4.69, 9.17) is 9.47 Å². The molecule has 2 heterocycles. The summed E-state index contributed by atoms with van der Waals surface area (Å²) in [5.74, 6) is 1.84. The number of nitrogens with one attached hydrogen (secondary N) is 1. The highest BCUT2D eigenvalue weighted by molar-refractivity contribution is 7.99. The van der Waals surface area contributed by atoms with Gasteiger partial charge in [-0.2, -0.15) is 10.5 Å². The van der Waals surface area contributed by atoms with E-state index in [9.17, 15) is 19.3 Å². The van der Waals surface area contributed by atoms with Gasteiger partial charge in [-0.15, -0.1) is 11.8 Å². The average Bonchev–Trinajstić information content (AvgIpc) is 2.70. The highest BCUT2D eigenvalue weighted by Gasteiger charge is 2.24. The van der Waals surface area contributed by atoms with Crippen molar-refractivity contribution in [3.8, 4) is 29.0 Å². The predicted molar refractivity (Wildman–Crippen MR) is 105 cm³/mol. The first kappa shape index (κ1) is 20.8. The van der Waals surface area contributed by atoms with Crippen LogP contribution in [-0.2, 0) is 4.74 Å². The molecule has 1 aliphatic rings. The Balaban J connectivity index is 2.00. The van der Waals surface area contributed by atoms with E-state index in [0.717, 1.165) is 5.75 Å². The quantitative estimate of drug-likeness (QED) is 0.652. The fourth-order valence-electron chi connectivity index (χ4n) is 2.80. The number of benzene rings is 1. The molecule has 1 saturated heterocycles. The van der Waals surface area contributed by atoms with Gasteiger partial charge in [-0.25, -0.2) is 13.8 Å². The molecule has 6 nitrogen and oxygen atoms in total. The fourth-order valence-corrected chi connectivity index (χ4v) is 3.84. The van der Waals surface area contributed by atoms with Crippen molar-refractivity contribution in [1.29, 1.82) is 10.5 Å². The first-order chi connectivity index (χ1) is 14.1. The van der Waals surface area contributed by atoms with Gasteiger partial charge >= 0.3 is 0 Å². The molecular formula is C20H18F2N4O2S. The van der Waals surface area contributed by atoms with Crippen LogP contribution in [0.4, 0.5) is 14.6 Å². The van der Waals surface area contributed by atoms with Gasteiger partial charge in [0.15, 0.2) is 0 Å². The first-order valence-electron chi connectivity index (χ1n) is 8.85. The van der Waals surface area contributed by atoms with Gasteiger partial charge in [0.2, 0.25) is 0 Å². The number of aromatic nitrogens is 1. The number of nitrogens with zero attached hydrogens (tertiary/aromatic N) is 3. The third kappa shape index (κ3) is 4.76. The monoisotopic (exact) mass is 416 g/mol. The van der Waals surface area contributed by atoms with E-state index in [2.05, 4.69) is 22.4 Å². The third-order valence-electron chi connectivity index (χ3n) is 4.31. The van der Waals surface area contributed by atoms with E-state index >= 15 is 0 Å². The number of halogens is 2. The number of ether oxygens (including phenoxy) is 2. The molecule has 3 rings (SSSR count). The van der Waals surface area contributed by atoms with Gasteiger partial charge in [0.25, 0.3) is 6.43 Å². The maximum absolute atomic E-state index is 12.3. The number of thioether (sulfide) groups is 1. The summed E-state index contributed by atoms with van der Waals surface area (Å²) in [5.41, 5.74) is 1.63. The number of hydrogen-bond acceptors (Lipinski definition) is 7. The Morgan fingerprint density at radius 1 is 1.24 bits per heavy atom. The van der Waals surface area contributed by atoms with E-state index in [-0.39, 0.29) is 11.3 Å². The highest BCUT2D eigenvalue weighted by Crippen LogP contribution is 2.37. The molecule has 2 aromatic rings. The van der Waals surface area contributed by atoms with Crippen molar-refractivity contribution in [2.75, 3.05) is 37.9 Å². The molecule has 0 unspecified atom stereocenters. The number of hydrogen-bond donors (Lipinski definition) is 1. The maximum atomic E-state index is 12.3. The Morgan fingerprint density at radius 3 is 2.45 bits per heavy atom. The van der Waals surface area contributed by atoms with Crippen LogP contribution in [0, 0.1) is 28.6 Å². The molecular weight excluding hydrogens is 398 g/mol. The molecule has 0 saturated carbocycles. The number of pyridine rings is 1. The second-order valence-electron chi connectivity index (χ2n) is 6.31. The minimum Gasteiger partial charge on any atom is -0.488 e. The van der Waals surface area contributed by atoms with Crippen molar-refractivity contribution < 1.29 is 18.3 Å². The smallest absolute Gasteiger partial charge is 0.272 e. The normalized spacial score (nSPS) is 13.4. The lowest BCUT2D eigenvalue weighted by Gasteiger charge is -2.25. The van der Waals surface area contributed by atoms with Crippen molar-refractivity contribution in [1.82, 2.24) is 4.98 Å². The Labute approximate surface area is 171 Å². The number of anilines is 1. The Bertz CT molecular complexity index is 951. The topological polar surface area (TPSA) is 91.0 Å². The minimum absolute atomic E-state index is 0.252. The minimum atomic E-state index is -2.57. The van der Waals surface area contributed by atoms with Gasteiger partial charge in [-0.3, -0.25) is 0 Å². The molecule has 0 spiro atoms. The van der Waals surface area contributed by atoms with Crippen molar-refractivity contribution in [2.24, 2.45) is 5.92 Å². The number of alkyl halides is 2. The largest absolute Gasteiger partial charge is 0.488 e. The van der Waals surface area contributed by atoms with Gasteiger partial charge < -0.3 is 14.8 Å². The van der Waals surface area contributed by atoms with E-state index in [1.54, 1.807) is 19.2 Å². The number of rotatable bonds is 8. The van der Waals surface area contributed by atoms with Crippen LogP contribution < -0.4 is 10.1 Å². The zero-order chi connectivity index (χ0) is 20.8. The molecule has 29 heavy (non-hydrogen) atoms. The summed E-state index contributed by atoms with van der Waals surface area (Å²) in [6, 6.07) is 10.7. The summed E-state index contributed by atoms with van der Waals surface area (Å²) >= 11 is 1.46. The second kappa shape index (κ2) is 9.55. The second-order valence-corrected chi connectivity index (χ2v) is 7.31. The van der Waals surface area contributed by atoms with E-state index in [1.807, 2.05) is 0 Å². The van der Waals surface area contributed by atoms with E-state index in [0.29, 0.717) is 46.7 Å². The molecule has 0 atom stereocenters. The Kier molecular flexibility index (Phi) is 6.86. The molecule has 0 bridgehead atoms. The third-order valence-corrected chi connectivity index (χ3v) is 5.51. The summed E-state index contributed by atoms with van der Waals surface area (Å²) < 4.78 is 34.8. The zero-order valence-electron chi connectivity index (χ0n) is 15.6. The summed E-state index contributed by atoms with van der Waals surface area (Å²) in [6.07, 6.45) is -2.57. The Hall–Kier alpha value is -2.88. The van der Waals surface area contributed by atoms with Crippen molar-refractivity contribution in [3.63, 3.8) is 0 Å². The van der Waals surface area contributed by atoms with Crippen LogP contribution in [0.1, 0.15) is 11.1 Å². The molecule has 150 valence electrons. The first-order valence-corrected chi connectivity index (χ1v) is 9.83. The van der Waals surface area contributed by atoms with Gasteiger partial charge in [-0.05, 0) is 17.7 Å². The molecule has 0 amide bonds. The van der Waals surface area contributed by atoms with Crippen LogP contribution in [0.5, 0.6) is 5.75 Å². The lowest BCUT2D eigenvalue weighted by Crippen LogP contribution is -2.29. The van der Waals surface area contributed by atoms with Crippen LogP contribution in [0.3, 0.4) is 0 Å². The number of nitriles is 2. The van der Waals surface area contributed by atoms with Crippen molar-refractivity contribution in [2.45, 2.75) is 11.5 Å². The molecule has 1 N–H and O–H groups in total. The molecule has 0 aliphatic carbocycles. The van der Waals surface area contributed by atoms with Gasteiger partial charge in [0, 0.05) is 24.3 Å². The molecule has 9 heteroatoms. The molecule has 1 fully saturated rings. The fraction of sp³-hybridized carbons (Fsp3) is 0.350.